The van der Waals surface area contributed by atoms with E-state index in [1.807, 2.05) is 30.3 Å². The van der Waals surface area contributed by atoms with Gasteiger partial charge < -0.3 is 10.6 Å². The van der Waals surface area contributed by atoms with Crippen LogP contribution in [-0.4, -0.2) is 17.9 Å². The first-order chi connectivity index (χ1) is 12.0. The average molecular weight is 464 g/mol. The van der Waals surface area contributed by atoms with Gasteiger partial charge >= 0.3 is 0 Å². The highest BCUT2D eigenvalue weighted by atomic mass is 79.9. The van der Waals surface area contributed by atoms with Crippen LogP contribution in [0, 0.1) is 0 Å². The van der Waals surface area contributed by atoms with Gasteiger partial charge in [-0.3, -0.25) is 9.59 Å². The second kappa shape index (κ2) is 7.97. The summed E-state index contributed by atoms with van der Waals surface area (Å²) in [4.78, 5) is 24.0. The molecular formula is C19H16Br2N2O2. The van der Waals surface area contributed by atoms with Crippen LogP contribution < -0.4 is 10.6 Å². The van der Waals surface area contributed by atoms with Gasteiger partial charge in [-0.15, -0.1) is 0 Å². The molecule has 3 rings (SSSR count). The van der Waals surface area contributed by atoms with Gasteiger partial charge in [0, 0.05) is 26.6 Å². The molecule has 0 spiro atoms. The zero-order chi connectivity index (χ0) is 17.8. The molecule has 128 valence electrons. The van der Waals surface area contributed by atoms with Crippen LogP contribution in [0.2, 0.25) is 0 Å². The smallest absolute Gasteiger partial charge is 0.251 e. The van der Waals surface area contributed by atoms with Crippen molar-refractivity contribution in [3.63, 3.8) is 0 Å². The highest BCUT2D eigenvalue weighted by Crippen LogP contribution is 2.26. The first kappa shape index (κ1) is 17.9. The molecule has 2 amide bonds. The number of nitrogens with one attached hydrogen (secondary N) is 2. The van der Waals surface area contributed by atoms with E-state index in [9.17, 15) is 9.59 Å². The maximum atomic E-state index is 12.0. The van der Waals surface area contributed by atoms with Crippen molar-refractivity contribution in [3.05, 3.63) is 68.6 Å². The predicted octanol–water partition coefficient (Wildman–Crippen LogP) is 4.76. The molecule has 1 aliphatic rings. The molecule has 1 saturated carbocycles. The fourth-order valence-electron chi connectivity index (χ4n) is 2.18. The van der Waals surface area contributed by atoms with E-state index < -0.39 is 0 Å². The summed E-state index contributed by atoms with van der Waals surface area (Å²) in [5.74, 6) is -0.269. The Morgan fingerprint density at radius 1 is 1.04 bits per heavy atom. The van der Waals surface area contributed by atoms with E-state index in [0.717, 1.165) is 27.4 Å². The predicted molar refractivity (Wildman–Crippen MR) is 106 cm³/mol. The zero-order valence-electron chi connectivity index (χ0n) is 13.3. The van der Waals surface area contributed by atoms with Gasteiger partial charge in [0.15, 0.2) is 0 Å². The van der Waals surface area contributed by atoms with Crippen molar-refractivity contribution in [2.45, 2.75) is 18.9 Å². The molecule has 2 aromatic carbocycles. The Kier molecular flexibility index (Phi) is 5.71. The molecule has 25 heavy (non-hydrogen) atoms. The molecule has 0 atom stereocenters. The van der Waals surface area contributed by atoms with Crippen LogP contribution in [0.3, 0.4) is 0 Å². The van der Waals surface area contributed by atoms with Gasteiger partial charge in [-0.2, -0.15) is 0 Å². The number of benzene rings is 2. The lowest BCUT2D eigenvalue weighted by Gasteiger charge is -2.05. The Bertz CT molecular complexity index is 828. The van der Waals surface area contributed by atoms with E-state index in [-0.39, 0.29) is 11.8 Å². The van der Waals surface area contributed by atoms with Crippen LogP contribution >= 0.6 is 31.9 Å². The van der Waals surface area contributed by atoms with Crippen LogP contribution in [0.5, 0.6) is 0 Å². The lowest BCUT2D eigenvalue weighted by molar-refractivity contribution is -0.111. The second-order valence-electron chi connectivity index (χ2n) is 5.82. The first-order valence-corrected chi connectivity index (χ1v) is 9.45. The summed E-state index contributed by atoms with van der Waals surface area (Å²) < 4.78 is 1.73. The summed E-state index contributed by atoms with van der Waals surface area (Å²) in [6, 6.07) is 13.0. The number of carbonyl (C=O) groups excluding carboxylic acids is 2. The van der Waals surface area contributed by atoms with Crippen LogP contribution in [0.4, 0.5) is 5.69 Å². The minimum atomic E-state index is -0.224. The van der Waals surface area contributed by atoms with E-state index in [0.29, 0.717) is 17.3 Å². The molecule has 2 N–H and O–H groups in total. The number of rotatable bonds is 5. The summed E-state index contributed by atoms with van der Waals surface area (Å²) in [6.45, 7) is 0. The Hall–Kier alpha value is -1.92. The van der Waals surface area contributed by atoms with Crippen molar-refractivity contribution in [2.75, 3.05) is 5.32 Å². The molecule has 0 bridgehead atoms. The third-order valence-electron chi connectivity index (χ3n) is 3.70. The Labute approximate surface area is 163 Å². The van der Waals surface area contributed by atoms with Gasteiger partial charge in [-0.05, 0) is 70.7 Å². The maximum Gasteiger partial charge on any atom is 0.251 e. The molecule has 0 radical (unpaired) electrons. The van der Waals surface area contributed by atoms with Crippen molar-refractivity contribution >= 4 is 55.4 Å². The molecule has 6 heteroatoms. The van der Waals surface area contributed by atoms with Crippen molar-refractivity contribution in [1.29, 1.82) is 0 Å². The topological polar surface area (TPSA) is 58.2 Å². The largest absolute Gasteiger partial charge is 0.349 e. The Morgan fingerprint density at radius 2 is 1.76 bits per heavy atom. The highest BCUT2D eigenvalue weighted by molar-refractivity contribution is 9.11. The molecule has 0 saturated heterocycles. The molecule has 1 fully saturated rings. The van der Waals surface area contributed by atoms with E-state index in [2.05, 4.69) is 42.5 Å². The zero-order valence-corrected chi connectivity index (χ0v) is 16.4. The third kappa shape index (κ3) is 5.28. The van der Waals surface area contributed by atoms with E-state index >= 15 is 0 Å². The third-order valence-corrected chi connectivity index (χ3v) is 4.85. The summed E-state index contributed by atoms with van der Waals surface area (Å²) >= 11 is 6.78. The van der Waals surface area contributed by atoms with Crippen molar-refractivity contribution < 1.29 is 9.59 Å². The number of hydrogen-bond donors (Lipinski definition) is 2. The highest BCUT2D eigenvalue weighted by Gasteiger charge is 2.23. The quantitative estimate of drug-likeness (QED) is 0.628. The van der Waals surface area contributed by atoms with Gasteiger partial charge in [0.05, 0.1) is 5.69 Å². The molecule has 4 nitrogen and oxygen atoms in total. The normalized spacial score (nSPS) is 13.7. The van der Waals surface area contributed by atoms with E-state index in [1.54, 1.807) is 18.2 Å². The number of amides is 2. The van der Waals surface area contributed by atoms with Crippen LogP contribution in [0.15, 0.2) is 57.5 Å². The molecule has 0 unspecified atom stereocenters. The minimum Gasteiger partial charge on any atom is -0.349 e. The molecule has 0 aromatic heterocycles. The van der Waals surface area contributed by atoms with Gasteiger partial charge in [-0.25, -0.2) is 0 Å². The van der Waals surface area contributed by atoms with Crippen molar-refractivity contribution in [2.24, 2.45) is 0 Å². The Balaban J connectivity index is 1.58. The lowest BCUT2D eigenvalue weighted by atomic mass is 10.1. The van der Waals surface area contributed by atoms with Crippen molar-refractivity contribution in [1.82, 2.24) is 5.32 Å². The lowest BCUT2D eigenvalue weighted by Crippen LogP contribution is -2.25. The first-order valence-electron chi connectivity index (χ1n) is 7.86. The molecule has 0 heterocycles. The van der Waals surface area contributed by atoms with Gasteiger partial charge in [-0.1, -0.05) is 28.1 Å². The van der Waals surface area contributed by atoms with Crippen LogP contribution in [0.1, 0.15) is 28.8 Å². The maximum absolute atomic E-state index is 12.0. The fourth-order valence-corrected chi connectivity index (χ4v) is 3.33. The standard InChI is InChI=1S/C19H16Br2N2O2/c20-14-6-9-17(16(21)11-14)23-18(24)10-3-12-1-4-13(5-2-12)19(25)22-15-7-8-15/h1-6,9-11,15H,7-8H2,(H,22,25)(H,23,24)/b10-3+. The second-order valence-corrected chi connectivity index (χ2v) is 7.59. The van der Waals surface area contributed by atoms with E-state index in [1.165, 1.54) is 6.08 Å². The van der Waals surface area contributed by atoms with Gasteiger partial charge in [0.1, 0.15) is 0 Å². The summed E-state index contributed by atoms with van der Waals surface area (Å²) in [6.07, 6.45) is 5.31. The number of halogens is 2. The SMILES string of the molecule is O=C(/C=C/c1ccc(C(=O)NC2CC2)cc1)Nc1ccc(Br)cc1Br. The van der Waals surface area contributed by atoms with Gasteiger partial charge in [0.25, 0.3) is 5.91 Å². The average Bonchev–Trinajstić information content (AvgIpc) is 3.40. The Morgan fingerprint density at radius 3 is 2.40 bits per heavy atom. The number of carbonyl (C=O) groups is 2. The minimum absolute atomic E-state index is 0.0455. The molecular weight excluding hydrogens is 448 g/mol. The molecule has 2 aromatic rings. The van der Waals surface area contributed by atoms with E-state index in [4.69, 9.17) is 0 Å². The summed E-state index contributed by atoms with van der Waals surface area (Å²) in [5, 5.41) is 5.76. The van der Waals surface area contributed by atoms with Crippen molar-refractivity contribution in [3.8, 4) is 0 Å². The van der Waals surface area contributed by atoms with Crippen LogP contribution in [-0.2, 0) is 4.79 Å². The summed E-state index contributed by atoms with van der Waals surface area (Å²) in [5.41, 5.74) is 2.19. The van der Waals surface area contributed by atoms with Crippen LogP contribution in [0.25, 0.3) is 6.08 Å². The number of hydrogen-bond acceptors (Lipinski definition) is 2. The molecule has 0 aliphatic heterocycles. The summed E-state index contributed by atoms with van der Waals surface area (Å²) in [7, 11) is 0. The van der Waals surface area contributed by atoms with Gasteiger partial charge in [0.2, 0.25) is 5.91 Å². The monoisotopic (exact) mass is 462 g/mol. The fraction of sp³-hybridized carbons (Fsp3) is 0.158. The molecule has 1 aliphatic carbocycles. The number of anilines is 1.